The lowest BCUT2D eigenvalue weighted by Crippen LogP contribution is -1.99. The Bertz CT molecular complexity index is 770. The van der Waals surface area contributed by atoms with Crippen LogP contribution >= 0.6 is 11.6 Å². The maximum atomic E-state index is 9.05. The summed E-state index contributed by atoms with van der Waals surface area (Å²) in [4.78, 5) is 4.00. The lowest BCUT2D eigenvalue weighted by molar-refractivity contribution is 0.880. The zero-order chi connectivity index (χ0) is 13.9. The summed E-state index contributed by atoms with van der Waals surface area (Å²) in [6.07, 6.45) is 3.42. The molecule has 0 amide bonds. The summed E-state index contributed by atoms with van der Waals surface area (Å²) < 4.78 is 1.73. The maximum Gasteiger partial charge on any atom is 0.163 e. The SMILES string of the molecule is N#Cc1cc(-c2ccncc2)n(-c2ccc(Cl)cc2)n1. The van der Waals surface area contributed by atoms with Gasteiger partial charge in [-0.2, -0.15) is 10.4 Å². The fourth-order valence-electron chi connectivity index (χ4n) is 1.94. The number of nitriles is 1. The van der Waals surface area contributed by atoms with Gasteiger partial charge in [0.2, 0.25) is 0 Å². The Labute approximate surface area is 120 Å². The molecule has 5 heteroatoms. The first-order chi connectivity index (χ1) is 9.78. The number of hydrogen-bond donors (Lipinski definition) is 0. The van der Waals surface area contributed by atoms with Crippen LogP contribution in [0.15, 0.2) is 54.9 Å². The van der Waals surface area contributed by atoms with E-state index in [1.165, 1.54) is 0 Å². The molecule has 2 heterocycles. The third-order valence-corrected chi connectivity index (χ3v) is 3.12. The van der Waals surface area contributed by atoms with E-state index in [-0.39, 0.29) is 0 Å². The van der Waals surface area contributed by atoms with Crippen LogP contribution in [0.4, 0.5) is 0 Å². The molecule has 0 saturated heterocycles. The number of pyridine rings is 1. The molecule has 0 aliphatic rings. The Balaban J connectivity index is 2.18. The van der Waals surface area contributed by atoms with Crippen LogP contribution in [-0.4, -0.2) is 14.8 Å². The largest absolute Gasteiger partial charge is 0.265 e. The fourth-order valence-corrected chi connectivity index (χ4v) is 2.07. The summed E-state index contributed by atoms with van der Waals surface area (Å²) in [7, 11) is 0. The normalized spacial score (nSPS) is 10.2. The molecule has 1 aromatic carbocycles. The molecule has 0 N–H and O–H groups in total. The van der Waals surface area contributed by atoms with Gasteiger partial charge in [-0.25, -0.2) is 4.68 Å². The molecule has 20 heavy (non-hydrogen) atoms. The van der Waals surface area contributed by atoms with Gasteiger partial charge in [-0.3, -0.25) is 4.98 Å². The van der Waals surface area contributed by atoms with Gasteiger partial charge >= 0.3 is 0 Å². The second kappa shape index (κ2) is 5.16. The molecular weight excluding hydrogens is 272 g/mol. The van der Waals surface area contributed by atoms with Gasteiger partial charge < -0.3 is 0 Å². The van der Waals surface area contributed by atoms with Gasteiger partial charge in [-0.15, -0.1) is 0 Å². The van der Waals surface area contributed by atoms with Crippen molar-refractivity contribution in [1.82, 2.24) is 14.8 Å². The molecule has 96 valence electrons. The highest BCUT2D eigenvalue weighted by molar-refractivity contribution is 6.30. The van der Waals surface area contributed by atoms with Crippen LogP contribution < -0.4 is 0 Å². The highest BCUT2D eigenvalue weighted by Crippen LogP contribution is 2.24. The standard InChI is InChI=1S/C15H9ClN4/c16-12-1-3-14(4-2-12)20-15(9-13(10-17)19-20)11-5-7-18-8-6-11/h1-9H. The molecule has 0 unspecified atom stereocenters. The minimum atomic E-state index is 0.367. The Hall–Kier alpha value is -2.64. The number of benzene rings is 1. The molecule has 0 saturated carbocycles. The van der Waals surface area contributed by atoms with Crippen molar-refractivity contribution in [2.75, 3.05) is 0 Å². The van der Waals surface area contributed by atoms with Crippen molar-refractivity contribution in [3.05, 3.63) is 65.6 Å². The van der Waals surface area contributed by atoms with Gasteiger partial charge in [-0.05, 0) is 36.4 Å². The highest BCUT2D eigenvalue weighted by atomic mass is 35.5. The second-order valence-corrected chi connectivity index (χ2v) is 4.59. The molecule has 0 aliphatic heterocycles. The Morgan fingerprint density at radius 1 is 1.05 bits per heavy atom. The number of nitrogens with zero attached hydrogens (tertiary/aromatic N) is 4. The number of halogens is 1. The first-order valence-corrected chi connectivity index (χ1v) is 6.32. The fraction of sp³-hybridized carbons (Fsp3) is 0. The molecule has 0 radical (unpaired) electrons. The summed E-state index contributed by atoms with van der Waals surface area (Å²) >= 11 is 5.90. The number of hydrogen-bond acceptors (Lipinski definition) is 3. The van der Waals surface area contributed by atoms with E-state index in [1.807, 2.05) is 24.3 Å². The Morgan fingerprint density at radius 2 is 1.75 bits per heavy atom. The zero-order valence-corrected chi connectivity index (χ0v) is 11.1. The van der Waals surface area contributed by atoms with Gasteiger partial charge in [0.15, 0.2) is 5.69 Å². The first kappa shape index (κ1) is 12.4. The van der Waals surface area contributed by atoms with E-state index in [4.69, 9.17) is 16.9 Å². The molecule has 0 bridgehead atoms. The van der Waals surface area contributed by atoms with Crippen LogP contribution in [0.1, 0.15) is 5.69 Å². The van der Waals surface area contributed by atoms with Crippen molar-refractivity contribution >= 4 is 11.6 Å². The van der Waals surface area contributed by atoms with E-state index in [9.17, 15) is 0 Å². The summed E-state index contributed by atoms with van der Waals surface area (Å²) in [5.74, 6) is 0. The molecule has 0 aliphatic carbocycles. The van der Waals surface area contributed by atoms with Crippen molar-refractivity contribution in [2.45, 2.75) is 0 Å². The third-order valence-electron chi connectivity index (χ3n) is 2.87. The van der Waals surface area contributed by atoms with E-state index < -0.39 is 0 Å². The van der Waals surface area contributed by atoms with Crippen LogP contribution in [0.25, 0.3) is 16.9 Å². The predicted molar refractivity (Wildman–Crippen MR) is 76.5 cm³/mol. The van der Waals surface area contributed by atoms with Crippen LogP contribution in [0, 0.1) is 11.3 Å². The van der Waals surface area contributed by atoms with E-state index in [0.717, 1.165) is 16.9 Å². The lowest BCUT2D eigenvalue weighted by atomic mass is 10.2. The lowest BCUT2D eigenvalue weighted by Gasteiger charge is -2.07. The van der Waals surface area contributed by atoms with Crippen molar-refractivity contribution < 1.29 is 0 Å². The third kappa shape index (κ3) is 2.27. The minimum absolute atomic E-state index is 0.367. The van der Waals surface area contributed by atoms with Crippen molar-refractivity contribution in [3.8, 4) is 23.0 Å². The average Bonchev–Trinajstić information content (AvgIpc) is 2.93. The minimum Gasteiger partial charge on any atom is -0.265 e. The van der Waals surface area contributed by atoms with Crippen LogP contribution in [-0.2, 0) is 0 Å². The summed E-state index contributed by atoms with van der Waals surface area (Å²) in [6, 6.07) is 14.9. The summed E-state index contributed by atoms with van der Waals surface area (Å²) in [5, 5.41) is 14.0. The second-order valence-electron chi connectivity index (χ2n) is 4.15. The van der Waals surface area contributed by atoms with Crippen LogP contribution in [0.2, 0.25) is 5.02 Å². The highest BCUT2D eigenvalue weighted by Gasteiger charge is 2.11. The Kier molecular flexibility index (Phi) is 3.20. The van der Waals surface area contributed by atoms with Crippen LogP contribution in [0.3, 0.4) is 0 Å². The maximum absolute atomic E-state index is 9.05. The van der Waals surface area contributed by atoms with Gasteiger partial charge in [0.25, 0.3) is 0 Å². The van der Waals surface area contributed by atoms with Gasteiger partial charge in [0, 0.05) is 29.0 Å². The smallest absolute Gasteiger partial charge is 0.163 e. The van der Waals surface area contributed by atoms with Crippen LogP contribution in [0.5, 0.6) is 0 Å². The molecule has 2 aromatic heterocycles. The van der Waals surface area contributed by atoms with Gasteiger partial charge in [0.1, 0.15) is 6.07 Å². The molecule has 0 atom stereocenters. The van der Waals surface area contributed by atoms with E-state index in [2.05, 4.69) is 16.2 Å². The van der Waals surface area contributed by atoms with Gasteiger partial charge in [-0.1, -0.05) is 11.6 Å². The van der Waals surface area contributed by atoms with Crippen molar-refractivity contribution in [3.63, 3.8) is 0 Å². The van der Waals surface area contributed by atoms with Crippen molar-refractivity contribution in [1.29, 1.82) is 5.26 Å². The van der Waals surface area contributed by atoms with Gasteiger partial charge in [0.05, 0.1) is 11.4 Å². The quantitative estimate of drug-likeness (QED) is 0.722. The summed E-state index contributed by atoms with van der Waals surface area (Å²) in [5.41, 5.74) is 3.00. The van der Waals surface area contributed by atoms with E-state index in [0.29, 0.717) is 10.7 Å². The van der Waals surface area contributed by atoms with E-state index >= 15 is 0 Å². The van der Waals surface area contributed by atoms with Crippen molar-refractivity contribution in [2.24, 2.45) is 0 Å². The Morgan fingerprint density at radius 3 is 2.40 bits per heavy atom. The molecule has 4 nitrogen and oxygen atoms in total. The molecule has 3 rings (SSSR count). The molecular formula is C15H9ClN4. The average molecular weight is 281 g/mol. The molecule has 3 aromatic rings. The summed E-state index contributed by atoms with van der Waals surface area (Å²) in [6.45, 7) is 0. The van der Waals surface area contributed by atoms with E-state index in [1.54, 1.807) is 35.3 Å². The monoisotopic (exact) mass is 280 g/mol. The molecule has 0 spiro atoms. The zero-order valence-electron chi connectivity index (χ0n) is 10.4. The first-order valence-electron chi connectivity index (χ1n) is 5.94. The number of rotatable bonds is 2. The number of aromatic nitrogens is 3. The predicted octanol–water partition coefficient (Wildman–Crippen LogP) is 3.46. The topological polar surface area (TPSA) is 54.5 Å². The molecule has 0 fully saturated rings.